The molecule has 0 aliphatic carbocycles. The molecule has 0 aliphatic rings. The molecule has 0 aromatic heterocycles. The maximum absolute atomic E-state index is 12.0. The molecular weight excluding hydrogens is 383 g/mol. The summed E-state index contributed by atoms with van der Waals surface area (Å²) >= 11 is 11.9. The molecule has 5 nitrogen and oxygen atoms in total. The molecule has 0 spiro atoms. The van der Waals surface area contributed by atoms with Crippen LogP contribution < -0.4 is 10.0 Å². The lowest BCUT2D eigenvalue weighted by molar-refractivity contribution is -0.116. The van der Waals surface area contributed by atoms with Crippen molar-refractivity contribution >= 4 is 44.8 Å². The third kappa shape index (κ3) is 5.71. The molecule has 134 valence electrons. The number of rotatable bonds is 7. The molecule has 2 aromatic rings. The van der Waals surface area contributed by atoms with Crippen molar-refractivity contribution in [1.29, 1.82) is 0 Å². The molecule has 2 aromatic carbocycles. The highest BCUT2D eigenvalue weighted by molar-refractivity contribution is 7.89. The van der Waals surface area contributed by atoms with E-state index in [2.05, 4.69) is 10.0 Å². The van der Waals surface area contributed by atoms with Gasteiger partial charge < -0.3 is 5.32 Å². The molecule has 0 aliphatic heterocycles. The van der Waals surface area contributed by atoms with Crippen LogP contribution in [0.15, 0.2) is 47.4 Å². The van der Waals surface area contributed by atoms with Crippen molar-refractivity contribution < 1.29 is 13.2 Å². The standard InChI is InChI=1S/C17H18Cl2N2O3S/c1-2-20-25(23,24)14-7-3-12(4-8-14)5-10-17(22)21-16-11-13(18)6-9-15(16)19/h3-4,6-9,11,20H,2,5,10H2,1H3,(H,21,22). The van der Waals surface area contributed by atoms with Crippen molar-refractivity contribution in [3.8, 4) is 0 Å². The van der Waals surface area contributed by atoms with Crippen LogP contribution in [-0.2, 0) is 21.2 Å². The number of amides is 1. The van der Waals surface area contributed by atoms with Crippen molar-refractivity contribution in [3.63, 3.8) is 0 Å². The Morgan fingerprint density at radius 3 is 2.40 bits per heavy atom. The van der Waals surface area contributed by atoms with Crippen LogP contribution in [0, 0.1) is 0 Å². The van der Waals surface area contributed by atoms with E-state index in [1.54, 1.807) is 37.3 Å². The van der Waals surface area contributed by atoms with Crippen molar-refractivity contribution in [1.82, 2.24) is 4.72 Å². The molecule has 0 unspecified atom stereocenters. The highest BCUT2D eigenvalue weighted by Gasteiger charge is 2.12. The van der Waals surface area contributed by atoms with Crippen molar-refractivity contribution in [2.75, 3.05) is 11.9 Å². The highest BCUT2D eigenvalue weighted by atomic mass is 35.5. The molecule has 0 atom stereocenters. The monoisotopic (exact) mass is 400 g/mol. The Balaban J connectivity index is 1.95. The van der Waals surface area contributed by atoms with E-state index < -0.39 is 10.0 Å². The predicted octanol–water partition coefficient (Wildman–Crippen LogP) is 3.86. The van der Waals surface area contributed by atoms with E-state index >= 15 is 0 Å². The molecule has 8 heteroatoms. The molecule has 0 saturated carbocycles. The van der Waals surface area contributed by atoms with Crippen molar-refractivity contribution in [2.24, 2.45) is 0 Å². The van der Waals surface area contributed by atoms with E-state index in [4.69, 9.17) is 23.2 Å². The quantitative estimate of drug-likeness (QED) is 0.740. The number of anilines is 1. The average molecular weight is 401 g/mol. The number of carbonyl (C=O) groups excluding carboxylic acids is 1. The summed E-state index contributed by atoms with van der Waals surface area (Å²) in [6, 6.07) is 11.3. The van der Waals surface area contributed by atoms with Gasteiger partial charge in [-0.1, -0.05) is 42.3 Å². The average Bonchev–Trinajstić information content (AvgIpc) is 2.57. The Bertz CT molecular complexity index is 853. The van der Waals surface area contributed by atoms with Gasteiger partial charge in [-0.05, 0) is 42.3 Å². The first-order valence-electron chi connectivity index (χ1n) is 7.65. The lowest BCUT2D eigenvalue weighted by Gasteiger charge is -2.08. The van der Waals surface area contributed by atoms with Crippen LogP contribution >= 0.6 is 23.2 Å². The molecule has 2 rings (SSSR count). The second-order valence-corrected chi connectivity index (χ2v) is 7.93. The first kappa shape index (κ1) is 19.7. The number of nitrogens with one attached hydrogen (secondary N) is 2. The Morgan fingerprint density at radius 2 is 1.76 bits per heavy atom. The lowest BCUT2D eigenvalue weighted by Crippen LogP contribution is -2.23. The molecule has 0 fully saturated rings. The van der Waals surface area contributed by atoms with E-state index in [1.165, 1.54) is 12.1 Å². The second kappa shape index (κ2) is 8.67. The summed E-state index contributed by atoms with van der Waals surface area (Å²) in [6.07, 6.45) is 0.716. The summed E-state index contributed by atoms with van der Waals surface area (Å²) in [5, 5.41) is 3.61. The predicted molar refractivity (Wildman–Crippen MR) is 101 cm³/mol. The van der Waals surface area contributed by atoms with Crippen LogP contribution in [0.5, 0.6) is 0 Å². The van der Waals surface area contributed by atoms with E-state index in [-0.39, 0.29) is 17.2 Å². The fourth-order valence-electron chi connectivity index (χ4n) is 2.17. The van der Waals surface area contributed by atoms with Crippen LogP contribution in [0.2, 0.25) is 10.0 Å². The highest BCUT2D eigenvalue weighted by Crippen LogP contribution is 2.25. The zero-order valence-electron chi connectivity index (χ0n) is 13.6. The van der Waals surface area contributed by atoms with Gasteiger partial charge in [0, 0.05) is 18.0 Å². The Labute approximate surface area is 157 Å². The van der Waals surface area contributed by atoms with Crippen molar-refractivity contribution in [2.45, 2.75) is 24.7 Å². The Hall–Kier alpha value is -1.60. The SMILES string of the molecule is CCNS(=O)(=O)c1ccc(CCC(=O)Nc2cc(Cl)ccc2Cl)cc1. The Morgan fingerprint density at radius 1 is 1.08 bits per heavy atom. The van der Waals surface area contributed by atoms with Gasteiger partial charge >= 0.3 is 0 Å². The summed E-state index contributed by atoms with van der Waals surface area (Å²) in [7, 11) is -3.46. The smallest absolute Gasteiger partial charge is 0.240 e. The number of halogens is 2. The second-order valence-electron chi connectivity index (χ2n) is 5.32. The van der Waals surface area contributed by atoms with Gasteiger partial charge in [-0.3, -0.25) is 4.79 Å². The van der Waals surface area contributed by atoms with Gasteiger partial charge in [-0.2, -0.15) is 0 Å². The minimum absolute atomic E-state index is 0.200. The zero-order valence-corrected chi connectivity index (χ0v) is 15.9. The number of carbonyl (C=O) groups is 1. The fourth-order valence-corrected chi connectivity index (χ4v) is 3.55. The summed E-state index contributed by atoms with van der Waals surface area (Å²) in [6.45, 7) is 2.05. The van der Waals surface area contributed by atoms with Crippen LogP contribution in [0.3, 0.4) is 0 Å². The van der Waals surface area contributed by atoms with Gasteiger partial charge in [0.15, 0.2) is 0 Å². The van der Waals surface area contributed by atoms with Crippen molar-refractivity contribution in [3.05, 3.63) is 58.1 Å². The Kier molecular flexibility index (Phi) is 6.84. The van der Waals surface area contributed by atoms with Gasteiger partial charge in [0.05, 0.1) is 15.6 Å². The van der Waals surface area contributed by atoms with E-state index in [0.29, 0.717) is 28.7 Å². The molecule has 25 heavy (non-hydrogen) atoms. The van der Waals surface area contributed by atoms with Gasteiger partial charge in [-0.15, -0.1) is 0 Å². The van der Waals surface area contributed by atoms with Crippen LogP contribution in [0.25, 0.3) is 0 Å². The number of hydrogen-bond donors (Lipinski definition) is 2. The number of hydrogen-bond acceptors (Lipinski definition) is 3. The maximum atomic E-state index is 12.0. The van der Waals surface area contributed by atoms with Crippen LogP contribution in [-0.4, -0.2) is 20.9 Å². The minimum Gasteiger partial charge on any atom is -0.325 e. The first-order valence-corrected chi connectivity index (χ1v) is 9.89. The number of benzene rings is 2. The largest absolute Gasteiger partial charge is 0.325 e. The number of sulfonamides is 1. The summed E-state index contributed by atoms with van der Waals surface area (Å²) in [4.78, 5) is 12.2. The van der Waals surface area contributed by atoms with Gasteiger partial charge in [-0.25, -0.2) is 13.1 Å². The molecule has 0 radical (unpaired) electrons. The summed E-state index contributed by atoms with van der Waals surface area (Å²) in [5.74, 6) is -0.200. The van der Waals surface area contributed by atoms with E-state index in [0.717, 1.165) is 5.56 Å². The molecule has 0 bridgehead atoms. The normalized spacial score (nSPS) is 11.3. The molecule has 0 saturated heterocycles. The summed E-state index contributed by atoms with van der Waals surface area (Å²) in [5.41, 5.74) is 1.33. The van der Waals surface area contributed by atoms with E-state index in [1.807, 2.05) is 0 Å². The number of aryl methyl sites for hydroxylation is 1. The molecule has 0 heterocycles. The third-order valence-corrected chi connectivity index (χ3v) is 5.54. The van der Waals surface area contributed by atoms with Gasteiger partial charge in [0.2, 0.25) is 15.9 Å². The van der Waals surface area contributed by atoms with Crippen LogP contribution in [0.1, 0.15) is 18.9 Å². The fraction of sp³-hybridized carbons (Fsp3) is 0.235. The molecule has 1 amide bonds. The van der Waals surface area contributed by atoms with Crippen LogP contribution in [0.4, 0.5) is 5.69 Å². The summed E-state index contributed by atoms with van der Waals surface area (Å²) < 4.78 is 26.2. The van der Waals surface area contributed by atoms with E-state index in [9.17, 15) is 13.2 Å². The lowest BCUT2D eigenvalue weighted by atomic mass is 10.1. The first-order chi connectivity index (χ1) is 11.8. The minimum atomic E-state index is -3.46. The van der Waals surface area contributed by atoms with Gasteiger partial charge in [0.25, 0.3) is 0 Å². The molecule has 2 N–H and O–H groups in total. The maximum Gasteiger partial charge on any atom is 0.240 e. The topological polar surface area (TPSA) is 75.3 Å². The van der Waals surface area contributed by atoms with Gasteiger partial charge in [0.1, 0.15) is 0 Å². The molecular formula is C17H18Cl2N2O3S. The third-order valence-electron chi connectivity index (χ3n) is 3.41. The zero-order chi connectivity index (χ0) is 18.4.